The van der Waals surface area contributed by atoms with E-state index < -0.39 is 17.6 Å². The molecule has 0 radical (unpaired) electrons. The molecule has 0 unspecified atom stereocenters. The first-order valence-corrected chi connectivity index (χ1v) is 6.46. The minimum Gasteiger partial charge on any atom is -0.206 e. The lowest BCUT2D eigenvalue weighted by Crippen LogP contribution is -2.03. The molecule has 0 saturated carbocycles. The number of hydrogen-bond donors (Lipinski definition) is 0. The van der Waals surface area contributed by atoms with Gasteiger partial charge in [0.05, 0.1) is 5.56 Å². The van der Waals surface area contributed by atoms with E-state index in [4.69, 9.17) is 11.6 Å². The van der Waals surface area contributed by atoms with Gasteiger partial charge in [0.15, 0.2) is 0 Å². The maximum Gasteiger partial charge on any atom is 0.416 e. The minimum atomic E-state index is -4.39. The number of rotatable bonds is 2. The third kappa shape index (κ3) is 3.85. The molecule has 2 aromatic carbocycles. The lowest BCUT2D eigenvalue weighted by Gasteiger charge is -2.06. The molecule has 5 heteroatoms. The first-order valence-electron chi connectivity index (χ1n) is 6.08. The Labute approximate surface area is 124 Å². The van der Waals surface area contributed by atoms with Crippen LogP contribution in [0.5, 0.6) is 0 Å². The number of hydrogen-bond acceptors (Lipinski definition) is 0. The third-order valence-electron chi connectivity index (χ3n) is 2.97. The third-order valence-corrected chi connectivity index (χ3v) is 3.39. The summed E-state index contributed by atoms with van der Waals surface area (Å²) in [5.74, 6) is -0.533. The van der Waals surface area contributed by atoms with E-state index in [0.29, 0.717) is 16.1 Å². The Morgan fingerprint density at radius 3 is 2.19 bits per heavy atom. The largest absolute Gasteiger partial charge is 0.416 e. The predicted octanol–water partition coefficient (Wildman–Crippen LogP) is 6.13. The fourth-order valence-electron chi connectivity index (χ4n) is 1.79. The highest BCUT2D eigenvalue weighted by molar-refractivity contribution is 6.31. The van der Waals surface area contributed by atoms with Crippen LogP contribution < -0.4 is 0 Å². The molecule has 0 N–H and O–H groups in total. The summed E-state index contributed by atoms with van der Waals surface area (Å²) in [4.78, 5) is 0. The Hall–Kier alpha value is -1.81. The molecule has 0 amide bonds. The van der Waals surface area contributed by atoms with Crippen LogP contribution in [0.25, 0.3) is 11.9 Å². The average Bonchev–Trinajstić information content (AvgIpc) is 2.41. The van der Waals surface area contributed by atoms with Gasteiger partial charge < -0.3 is 0 Å². The van der Waals surface area contributed by atoms with Crippen LogP contribution in [-0.2, 0) is 6.18 Å². The Morgan fingerprint density at radius 2 is 1.67 bits per heavy atom. The topological polar surface area (TPSA) is 0 Å². The van der Waals surface area contributed by atoms with Crippen LogP contribution in [0.1, 0.15) is 22.3 Å². The van der Waals surface area contributed by atoms with E-state index in [9.17, 15) is 17.6 Å². The van der Waals surface area contributed by atoms with Gasteiger partial charge in [0.1, 0.15) is 5.83 Å². The summed E-state index contributed by atoms with van der Waals surface area (Å²) in [6.45, 7) is 1.75. The summed E-state index contributed by atoms with van der Waals surface area (Å²) in [7, 11) is 0. The van der Waals surface area contributed by atoms with E-state index in [-0.39, 0.29) is 0 Å². The van der Waals surface area contributed by atoms with E-state index in [2.05, 4.69) is 0 Å². The first kappa shape index (κ1) is 15.6. The first-order chi connectivity index (χ1) is 9.77. The second-order valence-electron chi connectivity index (χ2n) is 4.58. The highest BCUT2D eigenvalue weighted by Gasteiger charge is 2.29. The zero-order valence-corrected chi connectivity index (χ0v) is 11.8. The van der Waals surface area contributed by atoms with Crippen LogP contribution in [0, 0.1) is 6.92 Å². The van der Waals surface area contributed by atoms with E-state index in [1.807, 2.05) is 0 Å². The summed E-state index contributed by atoms with van der Waals surface area (Å²) in [6.07, 6.45) is -3.21. The zero-order valence-electron chi connectivity index (χ0n) is 11.0. The van der Waals surface area contributed by atoms with Crippen LogP contribution in [0.15, 0.2) is 42.5 Å². The van der Waals surface area contributed by atoms with Gasteiger partial charge in [0, 0.05) is 10.6 Å². The molecule has 2 rings (SSSR count). The van der Waals surface area contributed by atoms with Crippen molar-refractivity contribution in [2.45, 2.75) is 13.1 Å². The maximum absolute atomic E-state index is 14.1. The molecule has 0 heterocycles. The number of alkyl halides is 3. The van der Waals surface area contributed by atoms with Crippen LogP contribution in [-0.4, -0.2) is 0 Å². The maximum atomic E-state index is 14.1. The highest BCUT2D eigenvalue weighted by Crippen LogP contribution is 2.30. The van der Waals surface area contributed by atoms with Gasteiger partial charge in [-0.15, -0.1) is 0 Å². The average molecular weight is 315 g/mol. The molecule has 0 atom stereocenters. The minimum absolute atomic E-state index is 0.330. The summed E-state index contributed by atoms with van der Waals surface area (Å²) in [6, 6.07) is 8.98. The smallest absolute Gasteiger partial charge is 0.206 e. The lowest BCUT2D eigenvalue weighted by atomic mass is 10.1. The van der Waals surface area contributed by atoms with Gasteiger partial charge in [0.2, 0.25) is 0 Å². The van der Waals surface area contributed by atoms with Crippen molar-refractivity contribution >= 4 is 23.5 Å². The van der Waals surface area contributed by atoms with Gasteiger partial charge in [-0.05, 0) is 48.4 Å². The van der Waals surface area contributed by atoms with Crippen molar-refractivity contribution in [3.05, 3.63) is 69.7 Å². The molecule has 0 nitrogen and oxygen atoms in total. The molecule has 0 bridgehead atoms. The monoisotopic (exact) mass is 314 g/mol. The number of benzene rings is 2. The number of aryl methyl sites for hydroxylation is 1. The van der Waals surface area contributed by atoms with Crippen molar-refractivity contribution in [2.24, 2.45) is 0 Å². The molecular formula is C16H11ClF4. The molecule has 0 aliphatic carbocycles. The van der Waals surface area contributed by atoms with Gasteiger partial charge in [-0.2, -0.15) is 13.2 Å². The summed E-state index contributed by atoms with van der Waals surface area (Å²) < 4.78 is 51.3. The molecule has 0 aliphatic rings. The fourth-order valence-corrected chi connectivity index (χ4v) is 1.91. The van der Waals surface area contributed by atoms with Crippen LogP contribution in [0.3, 0.4) is 0 Å². The second-order valence-corrected chi connectivity index (χ2v) is 4.98. The Morgan fingerprint density at radius 1 is 1.05 bits per heavy atom. The van der Waals surface area contributed by atoms with Crippen LogP contribution in [0.2, 0.25) is 5.02 Å². The Balaban J connectivity index is 2.28. The zero-order chi connectivity index (χ0) is 15.6. The second kappa shape index (κ2) is 5.90. The van der Waals surface area contributed by atoms with E-state index in [0.717, 1.165) is 17.7 Å². The van der Waals surface area contributed by atoms with E-state index >= 15 is 0 Å². The van der Waals surface area contributed by atoms with Crippen LogP contribution >= 0.6 is 11.6 Å². The van der Waals surface area contributed by atoms with Crippen molar-refractivity contribution in [2.75, 3.05) is 0 Å². The van der Waals surface area contributed by atoms with E-state index in [1.54, 1.807) is 19.1 Å². The molecule has 0 fully saturated rings. The van der Waals surface area contributed by atoms with Crippen molar-refractivity contribution < 1.29 is 17.6 Å². The SMILES string of the molecule is Cc1cc(C(F)=Cc2ccc(C(F)(F)F)cc2)ccc1Cl. The molecule has 21 heavy (non-hydrogen) atoms. The number of halogens is 5. The van der Waals surface area contributed by atoms with Crippen LogP contribution in [0.4, 0.5) is 17.6 Å². The van der Waals surface area contributed by atoms with Crippen molar-refractivity contribution in [1.29, 1.82) is 0 Å². The van der Waals surface area contributed by atoms with E-state index in [1.165, 1.54) is 24.3 Å². The quantitative estimate of drug-likeness (QED) is 0.461. The van der Waals surface area contributed by atoms with Crippen molar-refractivity contribution in [1.82, 2.24) is 0 Å². The lowest BCUT2D eigenvalue weighted by molar-refractivity contribution is -0.137. The Kier molecular flexibility index (Phi) is 4.37. The Bertz CT molecular complexity index is 670. The normalized spacial score (nSPS) is 12.6. The standard InChI is InChI=1S/C16H11ClF4/c1-10-8-12(4-7-14(10)17)15(18)9-11-2-5-13(6-3-11)16(19,20)21/h2-9H,1H3. The van der Waals surface area contributed by atoms with Gasteiger partial charge >= 0.3 is 6.18 Å². The predicted molar refractivity (Wildman–Crippen MR) is 76.6 cm³/mol. The molecule has 0 saturated heterocycles. The molecular weight excluding hydrogens is 304 g/mol. The van der Waals surface area contributed by atoms with Gasteiger partial charge in [0.25, 0.3) is 0 Å². The molecule has 110 valence electrons. The summed E-state index contributed by atoms with van der Waals surface area (Å²) in [5, 5.41) is 0.529. The van der Waals surface area contributed by atoms with Gasteiger partial charge in [-0.1, -0.05) is 29.8 Å². The molecule has 0 aromatic heterocycles. The molecule has 2 aromatic rings. The van der Waals surface area contributed by atoms with Crippen molar-refractivity contribution in [3.63, 3.8) is 0 Å². The molecule has 0 spiro atoms. The van der Waals surface area contributed by atoms with Crippen molar-refractivity contribution in [3.8, 4) is 0 Å². The van der Waals surface area contributed by atoms with Gasteiger partial charge in [-0.25, -0.2) is 4.39 Å². The summed E-state index contributed by atoms with van der Waals surface area (Å²) in [5.41, 5.74) is 0.650. The fraction of sp³-hybridized carbons (Fsp3) is 0.125. The van der Waals surface area contributed by atoms with Gasteiger partial charge in [-0.3, -0.25) is 0 Å². The highest BCUT2D eigenvalue weighted by atomic mass is 35.5. The molecule has 0 aliphatic heterocycles. The summed E-state index contributed by atoms with van der Waals surface area (Å²) >= 11 is 5.86.